The molecule has 0 saturated carbocycles. The van der Waals surface area contributed by atoms with E-state index in [4.69, 9.17) is 23.2 Å². The van der Waals surface area contributed by atoms with Gasteiger partial charge >= 0.3 is 0 Å². The van der Waals surface area contributed by atoms with E-state index in [2.05, 4.69) is 5.32 Å². The average molecular weight is 365 g/mol. The van der Waals surface area contributed by atoms with Crippen LogP contribution in [0.15, 0.2) is 53.2 Å². The molecule has 2 aromatic carbocycles. The summed E-state index contributed by atoms with van der Waals surface area (Å²) in [5, 5.41) is 2.40. The number of aryl methyl sites for hydroxylation is 1. The zero-order valence-corrected chi connectivity index (χ0v) is 14.0. The molecule has 1 aliphatic heterocycles. The van der Waals surface area contributed by atoms with E-state index in [1.54, 1.807) is 31.2 Å². The summed E-state index contributed by atoms with van der Waals surface area (Å²) in [6.07, 6.45) is 0. The van der Waals surface area contributed by atoms with Gasteiger partial charge in [0.15, 0.2) is 0 Å². The highest BCUT2D eigenvalue weighted by atomic mass is 35.5. The van der Waals surface area contributed by atoms with Gasteiger partial charge in [0.2, 0.25) is 0 Å². The molecule has 2 amide bonds. The van der Waals surface area contributed by atoms with Crippen LogP contribution in [0.4, 0.5) is 15.8 Å². The molecule has 7 heteroatoms. The van der Waals surface area contributed by atoms with Crippen molar-refractivity contribution in [2.45, 2.75) is 6.92 Å². The van der Waals surface area contributed by atoms with Crippen LogP contribution in [0.3, 0.4) is 0 Å². The number of nitrogens with one attached hydrogen (secondary N) is 1. The van der Waals surface area contributed by atoms with Crippen molar-refractivity contribution in [3.05, 3.63) is 69.6 Å². The second kappa shape index (κ2) is 6.26. The molecule has 0 atom stereocenters. The van der Waals surface area contributed by atoms with E-state index < -0.39 is 17.6 Å². The number of hydrogen-bond acceptors (Lipinski definition) is 3. The number of imide groups is 1. The Hall–Kier alpha value is -2.37. The normalized spacial score (nSPS) is 14.6. The summed E-state index contributed by atoms with van der Waals surface area (Å²) in [4.78, 5) is 26.0. The van der Waals surface area contributed by atoms with E-state index in [1.165, 1.54) is 12.1 Å². The minimum Gasteiger partial charge on any atom is -0.350 e. The first-order chi connectivity index (χ1) is 11.4. The summed E-state index contributed by atoms with van der Waals surface area (Å²) in [6.45, 7) is 1.79. The third-order valence-corrected chi connectivity index (χ3v) is 4.21. The number of hydrogen-bond donors (Lipinski definition) is 1. The Kier molecular flexibility index (Phi) is 4.30. The highest BCUT2D eigenvalue weighted by Gasteiger charge is 2.39. The first-order valence-corrected chi connectivity index (χ1v) is 7.72. The van der Waals surface area contributed by atoms with Crippen molar-refractivity contribution >= 4 is 46.4 Å². The molecule has 0 fully saturated rings. The summed E-state index contributed by atoms with van der Waals surface area (Å²) in [5.74, 6) is -1.79. The molecule has 0 saturated heterocycles. The fourth-order valence-electron chi connectivity index (χ4n) is 2.36. The average Bonchev–Trinajstić information content (AvgIpc) is 2.76. The van der Waals surface area contributed by atoms with Crippen LogP contribution in [-0.4, -0.2) is 11.8 Å². The minimum absolute atomic E-state index is 0.0763. The summed E-state index contributed by atoms with van der Waals surface area (Å²) in [5.41, 5.74) is 1.49. The standard InChI is InChI=1S/C17H11Cl2FN2O2/c1-9-4-2-3-5-13(9)22-16(23)14(19)15(17(22)24)21-10-6-7-12(20)11(18)8-10/h2-8,21H,1H3. The molecular weight excluding hydrogens is 354 g/mol. The van der Waals surface area contributed by atoms with Gasteiger partial charge in [-0.15, -0.1) is 0 Å². The lowest BCUT2D eigenvalue weighted by atomic mass is 10.2. The zero-order chi connectivity index (χ0) is 17.4. The van der Waals surface area contributed by atoms with E-state index in [1.807, 2.05) is 0 Å². The maximum absolute atomic E-state index is 13.2. The van der Waals surface area contributed by atoms with Gasteiger partial charge < -0.3 is 5.32 Å². The highest BCUT2D eigenvalue weighted by Crippen LogP contribution is 2.32. The third kappa shape index (κ3) is 2.77. The Morgan fingerprint density at radius 1 is 1.04 bits per heavy atom. The predicted molar refractivity (Wildman–Crippen MR) is 91.6 cm³/mol. The number of benzene rings is 2. The van der Waals surface area contributed by atoms with Gasteiger partial charge in [0.05, 0.1) is 10.7 Å². The quantitative estimate of drug-likeness (QED) is 0.829. The zero-order valence-electron chi connectivity index (χ0n) is 12.4. The third-order valence-electron chi connectivity index (χ3n) is 3.57. The monoisotopic (exact) mass is 364 g/mol. The Bertz CT molecular complexity index is 896. The first-order valence-electron chi connectivity index (χ1n) is 6.96. The largest absolute Gasteiger partial charge is 0.350 e. The molecule has 24 heavy (non-hydrogen) atoms. The van der Waals surface area contributed by atoms with Crippen LogP contribution in [0.2, 0.25) is 5.02 Å². The van der Waals surface area contributed by atoms with Crippen LogP contribution in [0.5, 0.6) is 0 Å². The van der Waals surface area contributed by atoms with E-state index >= 15 is 0 Å². The summed E-state index contributed by atoms with van der Waals surface area (Å²) in [6, 6.07) is 10.8. The molecule has 1 heterocycles. The van der Waals surface area contributed by atoms with Gasteiger partial charge in [-0.2, -0.15) is 0 Å². The summed E-state index contributed by atoms with van der Waals surface area (Å²) >= 11 is 11.8. The molecule has 1 aliphatic rings. The molecule has 0 aromatic heterocycles. The van der Waals surface area contributed by atoms with Gasteiger partial charge in [-0.3, -0.25) is 9.59 Å². The topological polar surface area (TPSA) is 49.4 Å². The van der Waals surface area contributed by atoms with Gasteiger partial charge in [-0.25, -0.2) is 9.29 Å². The number of anilines is 2. The molecule has 1 N–H and O–H groups in total. The second-order valence-corrected chi connectivity index (χ2v) is 5.96. The molecule has 122 valence electrons. The van der Waals surface area contributed by atoms with Crippen molar-refractivity contribution in [3.8, 4) is 0 Å². The molecule has 4 nitrogen and oxygen atoms in total. The molecular formula is C17H11Cl2FN2O2. The Labute approximate surface area is 147 Å². The van der Waals surface area contributed by atoms with E-state index in [0.717, 1.165) is 16.5 Å². The number of rotatable bonds is 3. The van der Waals surface area contributed by atoms with E-state index in [0.29, 0.717) is 11.4 Å². The van der Waals surface area contributed by atoms with Crippen molar-refractivity contribution in [1.82, 2.24) is 0 Å². The lowest BCUT2D eigenvalue weighted by Gasteiger charge is -2.17. The van der Waals surface area contributed by atoms with Gasteiger partial charge in [0.1, 0.15) is 16.5 Å². The Morgan fingerprint density at radius 3 is 2.42 bits per heavy atom. The van der Waals surface area contributed by atoms with Crippen molar-refractivity contribution in [3.63, 3.8) is 0 Å². The van der Waals surface area contributed by atoms with Gasteiger partial charge in [0.25, 0.3) is 11.8 Å². The maximum atomic E-state index is 13.2. The molecule has 0 unspecified atom stereocenters. The predicted octanol–water partition coefficient (Wildman–Crippen LogP) is 4.22. The SMILES string of the molecule is Cc1ccccc1N1C(=O)C(Cl)=C(Nc2ccc(F)c(Cl)c2)C1=O. The smallest absolute Gasteiger partial charge is 0.283 e. The van der Waals surface area contributed by atoms with Crippen LogP contribution in [0, 0.1) is 12.7 Å². The Morgan fingerprint density at radius 2 is 1.75 bits per heavy atom. The number of halogens is 3. The van der Waals surface area contributed by atoms with Crippen molar-refractivity contribution < 1.29 is 14.0 Å². The molecule has 2 aromatic rings. The van der Waals surface area contributed by atoms with Crippen LogP contribution >= 0.6 is 23.2 Å². The highest BCUT2D eigenvalue weighted by molar-refractivity contribution is 6.53. The van der Waals surface area contributed by atoms with Crippen LogP contribution < -0.4 is 10.2 Å². The maximum Gasteiger partial charge on any atom is 0.283 e. The molecule has 0 radical (unpaired) electrons. The fourth-order valence-corrected chi connectivity index (χ4v) is 2.76. The number of nitrogens with zero attached hydrogens (tertiary/aromatic N) is 1. The van der Waals surface area contributed by atoms with Crippen LogP contribution in [-0.2, 0) is 9.59 Å². The number of para-hydroxylation sites is 1. The van der Waals surface area contributed by atoms with E-state index in [-0.39, 0.29) is 15.8 Å². The number of carbonyl (C=O) groups excluding carboxylic acids is 2. The van der Waals surface area contributed by atoms with Gasteiger partial charge in [0, 0.05) is 5.69 Å². The fraction of sp³-hybridized carbons (Fsp3) is 0.0588. The van der Waals surface area contributed by atoms with Crippen molar-refractivity contribution in [1.29, 1.82) is 0 Å². The van der Waals surface area contributed by atoms with Crippen LogP contribution in [0.1, 0.15) is 5.56 Å². The van der Waals surface area contributed by atoms with Crippen LogP contribution in [0.25, 0.3) is 0 Å². The second-order valence-electron chi connectivity index (χ2n) is 5.18. The van der Waals surface area contributed by atoms with Gasteiger partial charge in [-0.1, -0.05) is 41.4 Å². The number of amides is 2. The van der Waals surface area contributed by atoms with Crippen molar-refractivity contribution in [2.75, 3.05) is 10.2 Å². The number of carbonyl (C=O) groups is 2. The molecule has 3 rings (SSSR count). The molecule has 0 spiro atoms. The summed E-state index contributed by atoms with van der Waals surface area (Å²) < 4.78 is 13.2. The Balaban J connectivity index is 1.95. The molecule has 0 bridgehead atoms. The lowest BCUT2D eigenvalue weighted by Crippen LogP contribution is -2.32. The summed E-state index contributed by atoms with van der Waals surface area (Å²) in [7, 11) is 0. The van der Waals surface area contributed by atoms with E-state index in [9.17, 15) is 14.0 Å². The minimum atomic E-state index is -0.619. The first kappa shape index (κ1) is 16.5. The molecule has 0 aliphatic carbocycles. The lowest BCUT2D eigenvalue weighted by molar-refractivity contribution is -0.120. The van der Waals surface area contributed by atoms with Crippen molar-refractivity contribution in [2.24, 2.45) is 0 Å². The van der Waals surface area contributed by atoms with Gasteiger partial charge in [-0.05, 0) is 36.8 Å².